The van der Waals surface area contributed by atoms with Gasteiger partial charge in [-0.2, -0.15) is 0 Å². The van der Waals surface area contributed by atoms with E-state index >= 15 is 0 Å². The van der Waals surface area contributed by atoms with Gasteiger partial charge in [0.2, 0.25) is 0 Å². The van der Waals surface area contributed by atoms with Crippen LogP contribution in [0.25, 0.3) is 22.3 Å². The molecule has 0 fully saturated rings. The number of benzene rings is 2. The first-order valence-corrected chi connectivity index (χ1v) is 10.1. The van der Waals surface area contributed by atoms with Crippen molar-refractivity contribution in [2.75, 3.05) is 0 Å². The summed E-state index contributed by atoms with van der Waals surface area (Å²) in [6.07, 6.45) is 8.17. The topological polar surface area (TPSA) is 13.1 Å². The average Bonchev–Trinajstić information content (AvgIpc) is 3.35. The monoisotopic (exact) mass is 399 g/mol. The molecule has 0 spiro atoms. The van der Waals surface area contributed by atoms with E-state index in [-0.39, 0.29) is 0 Å². The van der Waals surface area contributed by atoms with Crippen molar-refractivity contribution in [2.24, 2.45) is 5.92 Å². The number of allylic oxidation sites excluding steroid dienone is 4. The van der Waals surface area contributed by atoms with Gasteiger partial charge in [-0.1, -0.05) is 0 Å². The van der Waals surface area contributed by atoms with Gasteiger partial charge in [0, 0.05) is 0 Å². The maximum atomic E-state index is 5.35. The van der Waals surface area contributed by atoms with Crippen LogP contribution >= 0.6 is 0 Å². The molecule has 2 unspecified atom stereocenters. The second kappa shape index (κ2) is 5.82. The Kier molecular flexibility index (Phi) is 3.57. The average molecular weight is 401 g/mol. The van der Waals surface area contributed by atoms with Crippen LogP contribution < -0.4 is 0 Å². The van der Waals surface area contributed by atoms with Crippen molar-refractivity contribution in [3.05, 3.63) is 95.5 Å². The molecule has 1 heterocycles. The summed E-state index contributed by atoms with van der Waals surface area (Å²) in [7, 11) is 0. The molecule has 0 N–H and O–H groups in total. The van der Waals surface area contributed by atoms with E-state index in [1.54, 1.807) is 31.0 Å². The molecular formula is C23H17OZr. The van der Waals surface area contributed by atoms with E-state index in [9.17, 15) is 0 Å². The van der Waals surface area contributed by atoms with Crippen LogP contribution in [0.1, 0.15) is 32.8 Å². The van der Waals surface area contributed by atoms with Crippen LogP contribution in [0.5, 0.6) is 0 Å². The number of fused-ring (bicyclic) bond motifs is 3. The van der Waals surface area contributed by atoms with Gasteiger partial charge in [0.25, 0.3) is 0 Å². The molecule has 2 aromatic carbocycles. The van der Waals surface area contributed by atoms with Crippen LogP contribution in [0, 0.1) is 5.92 Å². The molecule has 5 rings (SSSR count). The SMILES string of the molecule is CC1C=CC(c2ccoc2)=C1c1cccc2c1[CH]([Zr])c1ccccc1-2. The molecule has 0 radical (unpaired) electrons. The van der Waals surface area contributed by atoms with Crippen molar-refractivity contribution >= 4 is 11.1 Å². The van der Waals surface area contributed by atoms with Crippen LogP contribution in [0.3, 0.4) is 0 Å². The zero-order valence-corrected chi connectivity index (χ0v) is 16.4. The first-order chi connectivity index (χ1) is 12.3. The zero-order chi connectivity index (χ0) is 17.0. The molecule has 2 heteroatoms. The number of furan rings is 1. The number of hydrogen-bond acceptors (Lipinski definition) is 1. The quantitative estimate of drug-likeness (QED) is 0.513. The van der Waals surface area contributed by atoms with Gasteiger partial charge in [-0.3, -0.25) is 0 Å². The second-order valence-electron chi connectivity index (χ2n) is 6.77. The van der Waals surface area contributed by atoms with Gasteiger partial charge in [0.1, 0.15) is 0 Å². The first-order valence-electron chi connectivity index (χ1n) is 8.64. The fourth-order valence-corrected chi connectivity index (χ4v) is 5.61. The minimum atomic E-state index is 0.420. The summed E-state index contributed by atoms with van der Waals surface area (Å²) in [4.78, 5) is 0. The van der Waals surface area contributed by atoms with Crippen LogP contribution in [0.2, 0.25) is 0 Å². The Morgan fingerprint density at radius 2 is 1.72 bits per heavy atom. The van der Waals surface area contributed by atoms with Gasteiger partial charge in [-0.25, -0.2) is 0 Å². The number of rotatable bonds is 2. The Bertz CT molecular complexity index is 1020. The third kappa shape index (κ3) is 2.24. The fourth-order valence-electron chi connectivity index (χ4n) is 4.23. The van der Waals surface area contributed by atoms with Gasteiger partial charge < -0.3 is 0 Å². The molecular weight excluding hydrogens is 383 g/mol. The van der Waals surface area contributed by atoms with Crippen LogP contribution in [-0.4, -0.2) is 0 Å². The zero-order valence-electron chi connectivity index (χ0n) is 14.0. The molecule has 0 saturated heterocycles. The Hall–Kier alpha value is -1.92. The predicted molar refractivity (Wildman–Crippen MR) is 97.5 cm³/mol. The molecule has 119 valence electrons. The standard InChI is InChI=1S/C23H17O.Zr/c1-15-9-10-19(17-11-12-24-14-17)23(15)21-8-4-7-20-18-6-3-2-5-16(18)13-22(20)21;/h2-15H,1H3;. The van der Waals surface area contributed by atoms with Gasteiger partial charge in [0.15, 0.2) is 0 Å². The van der Waals surface area contributed by atoms with Crippen molar-refractivity contribution in [3.8, 4) is 11.1 Å². The number of hydrogen-bond donors (Lipinski definition) is 0. The van der Waals surface area contributed by atoms with E-state index in [1.807, 2.05) is 6.26 Å². The van der Waals surface area contributed by atoms with E-state index in [1.165, 1.54) is 44.5 Å². The second-order valence-corrected chi connectivity index (χ2v) is 8.19. The van der Waals surface area contributed by atoms with E-state index in [4.69, 9.17) is 4.42 Å². The van der Waals surface area contributed by atoms with Crippen molar-refractivity contribution in [3.63, 3.8) is 0 Å². The molecule has 2 aliphatic rings. The van der Waals surface area contributed by atoms with Gasteiger partial charge in [-0.05, 0) is 0 Å². The minimum absolute atomic E-state index is 0.420. The van der Waals surface area contributed by atoms with E-state index < -0.39 is 0 Å². The summed E-state index contributed by atoms with van der Waals surface area (Å²) in [5.74, 6) is 0.420. The Balaban J connectivity index is 1.77. The summed E-state index contributed by atoms with van der Waals surface area (Å²) in [5, 5.41) is 0. The Morgan fingerprint density at radius 3 is 2.56 bits per heavy atom. The molecule has 0 saturated carbocycles. The molecule has 0 bridgehead atoms. The molecule has 1 aromatic heterocycles. The third-order valence-corrected chi connectivity index (χ3v) is 6.85. The van der Waals surface area contributed by atoms with E-state index in [0.29, 0.717) is 9.54 Å². The molecule has 3 aromatic rings. The summed E-state index contributed by atoms with van der Waals surface area (Å²) in [6.45, 7) is 2.29. The third-order valence-electron chi connectivity index (χ3n) is 5.38. The molecule has 2 atom stereocenters. The van der Waals surface area contributed by atoms with Crippen molar-refractivity contribution < 1.29 is 29.1 Å². The van der Waals surface area contributed by atoms with Gasteiger partial charge in [-0.15, -0.1) is 0 Å². The summed E-state index contributed by atoms with van der Waals surface area (Å²) >= 11 is 1.55. The van der Waals surface area contributed by atoms with Crippen LogP contribution in [-0.2, 0) is 24.7 Å². The van der Waals surface area contributed by atoms with E-state index in [2.05, 4.69) is 67.6 Å². The Labute approximate surface area is 162 Å². The van der Waals surface area contributed by atoms with Gasteiger partial charge in [0.05, 0.1) is 0 Å². The summed E-state index contributed by atoms with van der Waals surface area (Å²) in [5.41, 5.74) is 11.1. The van der Waals surface area contributed by atoms with Crippen LogP contribution in [0.4, 0.5) is 0 Å². The molecule has 0 amide bonds. The normalized spacial score (nSPS) is 20.8. The molecule has 25 heavy (non-hydrogen) atoms. The maximum absolute atomic E-state index is 5.35. The summed E-state index contributed by atoms with van der Waals surface area (Å²) in [6, 6.07) is 17.7. The van der Waals surface area contributed by atoms with Crippen molar-refractivity contribution in [1.82, 2.24) is 0 Å². The Morgan fingerprint density at radius 1 is 0.920 bits per heavy atom. The fraction of sp³-hybridized carbons (Fsp3) is 0.130. The van der Waals surface area contributed by atoms with E-state index in [0.717, 1.165) is 0 Å². The van der Waals surface area contributed by atoms with Crippen molar-refractivity contribution in [1.29, 1.82) is 0 Å². The molecule has 0 aliphatic heterocycles. The molecule has 2 aliphatic carbocycles. The van der Waals surface area contributed by atoms with Crippen LogP contribution in [0.15, 0.2) is 77.6 Å². The van der Waals surface area contributed by atoms with Gasteiger partial charge >= 0.3 is 163 Å². The molecule has 1 nitrogen and oxygen atoms in total. The predicted octanol–water partition coefficient (Wildman–Crippen LogP) is 6.01. The van der Waals surface area contributed by atoms with Crippen molar-refractivity contribution in [2.45, 2.75) is 10.5 Å². The first kappa shape index (κ1) is 15.3. The summed E-state index contributed by atoms with van der Waals surface area (Å²) < 4.78 is 5.86.